The van der Waals surface area contributed by atoms with Crippen LogP contribution in [-0.4, -0.2) is 25.2 Å². The van der Waals surface area contributed by atoms with Crippen molar-refractivity contribution < 1.29 is 13.2 Å². The summed E-state index contributed by atoms with van der Waals surface area (Å²) in [5.41, 5.74) is 0. The molecule has 1 saturated heterocycles. The summed E-state index contributed by atoms with van der Waals surface area (Å²) >= 11 is 0. The number of hydrogen-bond acceptors (Lipinski definition) is 3. The van der Waals surface area contributed by atoms with Gasteiger partial charge in [0.1, 0.15) is 5.25 Å². The van der Waals surface area contributed by atoms with E-state index in [9.17, 15) is 13.2 Å². The summed E-state index contributed by atoms with van der Waals surface area (Å²) in [4.78, 5) is 11.4. The quantitative estimate of drug-likeness (QED) is 0.696. The Hall–Kier alpha value is -0.380. The van der Waals surface area contributed by atoms with Crippen molar-refractivity contribution in [1.29, 1.82) is 0 Å². The van der Waals surface area contributed by atoms with Gasteiger partial charge in [0, 0.05) is 6.42 Å². The van der Waals surface area contributed by atoms with Crippen LogP contribution in [0.1, 0.15) is 39.0 Å². The van der Waals surface area contributed by atoms with Crippen LogP contribution in [0.2, 0.25) is 0 Å². The lowest BCUT2D eigenvalue weighted by molar-refractivity contribution is -0.118. The summed E-state index contributed by atoms with van der Waals surface area (Å²) in [6.45, 7) is 1.90. The first-order valence-electron chi connectivity index (χ1n) is 4.82. The molecule has 1 fully saturated rings. The van der Waals surface area contributed by atoms with Gasteiger partial charge in [-0.05, 0) is 19.3 Å². The zero-order valence-corrected chi connectivity index (χ0v) is 8.77. The highest BCUT2D eigenvalue weighted by atomic mass is 32.2. The van der Waals surface area contributed by atoms with Crippen LogP contribution in [0, 0.1) is 0 Å². The Labute approximate surface area is 79.4 Å². The lowest BCUT2D eigenvalue weighted by Gasteiger charge is -2.20. The molecule has 76 valence electrons. The molecular weight excluding hydrogens is 188 g/mol. The smallest absolute Gasteiger partial charge is 0.160 e. The van der Waals surface area contributed by atoms with Crippen LogP contribution in [0.3, 0.4) is 0 Å². The SMILES string of the molecule is CCCC(=O)C1CCCCS1(=O)=O. The summed E-state index contributed by atoms with van der Waals surface area (Å²) in [5.74, 6) is 0.120. The molecule has 1 atom stereocenters. The molecule has 0 saturated carbocycles. The summed E-state index contributed by atoms with van der Waals surface area (Å²) in [5, 5.41) is -0.679. The molecule has 0 amide bonds. The normalized spacial score (nSPS) is 27.0. The van der Waals surface area contributed by atoms with Crippen molar-refractivity contribution in [3.05, 3.63) is 0 Å². The van der Waals surface area contributed by atoms with Crippen LogP contribution in [0.5, 0.6) is 0 Å². The van der Waals surface area contributed by atoms with Crippen LogP contribution in [0.15, 0.2) is 0 Å². The minimum Gasteiger partial charge on any atom is -0.298 e. The Bertz CT molecular complexity index is 279. The van der Waals surface area contributed by atoms with Gasteiger partial charge in [-0.15, -0.1) is 0 Å². The maximum absolute atomic E-state index is 11.5. The van der Waals surface area contributed by atoms with Crippen molar-refractivity contribution in [3.63, 3.8) is 0 Å². The average Bonchev–Trinajstić information content (AvgIpc) is 2.03. The number of ketones is 1. The van der Waals surface area contributed by atoms with Crippen molar-refractivity contribution >= 4 is 15.6 Å². The topological polar surface area (TPSA) is 51.2 Å². The lowest BCUT2D eigenvalue weighted by atomic mass is 10.1. The maximum Gasteiger partial charge on any atom is 0.160 e. The molecule has 0 aromatic rings. The largest absolute Gasteiger partial charge is 0.298 e. The van der Waals surface area contributed by atoms with Crippen molar-refractivity contribution in [2.45, 2.75) is 44.3 Å². The molecule has 13 heavy (non-hydrogen) atoms. The van der Waals surface area contributed by atoms with Crippen molar-refractivity contribution in [3.8, 4) is 0 Å². The van der Waals surface area contributed by atoms with Crippen molar-refractivity contribution in [1.82, 2.24) is 0 Å². The summed E-state index contributed by atoms with van der Waals surface area (Å²) in [7, 11) is -3.09. The predicted octanol–water partition coefficient (Wildman–Crippen LogP) is 1.32. The van der Waals surface area contributed by atoms with Gasteiger partial charge in [-0.25, -0.2) is 8.42 Å². The van der Waals surface area contributed by atoms with Gasteiger partial charge in [0.15, 0.2) is 15.6 Å². The molecule has 0 aliphatic carbocycles. The molecule has 1 aliphatic rings. The van der Waals surface area contributed by atoms with E-state index in [0.29, 0.717) is 12.8 Å². The fourth-order valence-corrected chi connectivity index (χ4v) is 3.66. The van der Waals surface area contributed by atoms with Crippen LogP contribution in [-0.2, 0) is 14.6 Å². The Morgan fingerprint density at radius 3 is 2.62 bits per heavy atom. The second-order valence-corrected chi connectivity index (χ2v) is 5.87. The maximum atomic E-state index is 11.5. The molecular formula is C9H16O3S. The first-order chi connectivity index (χ1) is 6.08. The van der Waals surface area contributed by atoms with E-state index in [1.807, 2.05) is 6.92 Å². The number of Topliss-reactive ketones (excluding diaryl/α,β-unsaturated/α-hetero) is 1. The minimum atomic E-state index is -3.09. The van der Waals surface area contributed by atoms with Crippen molar-refractivity contribution in [2.75, 3.05) is 5.75 Å². The molecule has 1 heterocycles. The number of rotatable bonds is 3. The van der Waals surface area contributed by atoms with E-state index in [4.69, 9.17) is 0 Å². The summed E-state index contributed by atoms with van der Waals surface area (Å²) < 4.78 is 23.0. The van der Waals surface area contributed by atoms with Gasteiger partial charge in [-0.1, -0.05) is 13.3 Å². The zero-order chi connectivity index (χ0) is 9.90. The molecule has 1 rings (SSSR count). The predicted molar refractivity (Wildman–Crippen MR) is 51.3 cm³/mol. The molecule has 4 heteroatoms. The number of carbonyl (C=O) groups excluding carboxylic acids is 1. The zero-order valence-electron chi connectivity index (χ0n) is 7.95. The third-order valence-electron chi connectivity index (χ3n) is 2.43. The van der Waals surface area contributed by atoms with Crippen LogP contribution in [0.4, 0.5) is 0 Å². The van der Waals surface area contributed by atoms with E-state index in [1.165, 1.54) is 0 Å². The first-order valence-corrected chi connectivity index (χ1v) is 6.53. The molecule has 0 aromatic heterocycles. The fraction of sp³-hybridized carbons (Fsp3) is 0.889. The van der Waals surface area contributed by atoms with E-state index in [0.717, 1.165) is 19.3 Å². The number of carbonyl (C=O) groups is 1. The molecule has 0 radical (unpaired) electrons. The van der Waals surface area contributed by atoms with Crippen LogP contribution in [0.25, 0.3) is 0 Å². The number of sulfone groups is 1. The molecule has 0 bridgehead atoms. The van der Waals surface area contributed by atoms with Gasteiger partial charge in [0.05, 0.1) is 5.75 Å². The van der Waals surface area contributed by atoms with Gasteiger partial charge in [0.25, 0.3) is 0 Å². The highest BCUT2D eigenvalue weighted by Gasteiger charge is 2.33. The molecule has 3 nitrogen and oxygen atoms in total. The third-order valence-corrected chi connectivity index (χ3v) is 4.66. The third kappa shape index (κ3) is 2.53. The van der Waals surface area contributed by atoms with Gasteiger partial charge < -0.3 is 0 Å². The molecule has 0 aromatic carbocycles. The van der Waals surface area contributed by atoms with Gasteiger partial charge in [-0.2, -0.15) is 0 Å². The van der Waals surface area contributed by atoms with E-state index >= 15 is 0 Å². The number of hydrogen-bond donors (Lipinski definition) is 0. The Kier molecular flexibility index (Phi) is 3.47. The Morgan fingerprint density at radius 2 is 2.08 bits per heavy atom. The Balaban J connectivity index is 2.71. The second kappa shape index (κ2) is 4.22. The van der Waals surface area contributed by atoms with E-state index in [-0.39, 0.29) is 11.5 Å². The molecule has 1 unspecified atom stereocenters. The minimum absolute atomic E-state index is 0.0813. The Morgan fingerprint density at radius 1 is 1.38 bits per heavy atom. The van der Waals surface area contributed by atoms with Crippen LogP contribution >= 0.6 is 0 Å². The summed E-state index contributed by atoms with van der Waals surface area (Å²) in [6.07, 6.45) is 3.29. The standard InChI is InChI=1S/C9H16O3S/c1-2-5-8(10)9-6-3-4-7-13(9,11)12/h9H,2-7H2,1H3. The van der Waals surface area contributed by atoms with E-state index in [1.54, 1.807) is 0 Å². The molecule has 0 spiro atoms. The average molecular weight is 204 g/mol. The molecule has 0 N–H and O–H groups in total. The summed E-state index contributed by atoms with van der Waals surface area (Å²) in [6, 6.07) is 0. The second-order valence-electron chi connectivity index (χ2n) is 3.57. The molecule has 1 aliphatic heterocycles. The van der Waals surface area contributed by atoms with Gasteiger partial charge >= 0.3 is 0 Å². The lowest BCUT2D eigenvalue weighted by Crippen LogP contribution is -2.35. The highest BCUT2D eigenvalue weighted by Crippen LogP contribution is 2.21. The van der Waals surface area contributed by atoms with Crippen LogP contribution < -0.4 is 0 Å². The van der Waals surface area contributed by atoms with Gasteiger partial charge in [-0.3, -0.25) is 4.79 Å². The first kappa shape index (κ1) is 10.7. The van der Waals surface area contributed by atoms with E-state index in [2.05, 4.69) is 0 Å². The highest BCUT2D eigenvalue weighted by molar-refractivity contribution is 7.92. The van der Waals surface area contributed by atoms with Gasteiger partial charge in [0.2, 0.25) is 0 Å². The van der Waals surface area contributed by atoms with E-state index < -0.39 is 15.1 Å². The van der Waals surface area contributed by atoms with Crippen molar-refractivity contribution in [2.24, 2.45) is 0 Å². The fourth-order valence-electron chi connectivity index (χ4n) is 1.72. The monoisotopic (exact) mass is 204 g/mol.